The summed E-state index contributed by atoms with van der Waals surface area (Å²) in [5.74, 6) is 1.60. The number of fused-ring (bicyclic) bond motifs is 3. The first-order chi connectivity index (χ1) is 15.1. The Morgan fingerprint density at radius 1 is 0.906 bits per heavy atom. The minimum absolute atomic E-state index is 0. The molecule has 3 aromatic carbocycles. The molecule has 0 fully saturated rings. The van der Waals surface area contributed by atoms with E-state index >= 15 is 0 Å². The third-order valence-electron chi connectivity index (χ3n) is 6.42. The van der Waals surface area contributed by atoms with E-state index in [4.69, 9.17) is 9.47 Å². The summed E-state index contributed by atoms with van der Waals surface area (Å²) in [6, 6.07) is 22.7. The number of hydrogen-bond donors (Lipinski definition) is 1. The lowest BCUT2D eigenvalue weighted by Crippen LogP contribution is -2.38. The molecule has 0 bridgehead atoms. The zero-order valence-electron chi connectivity index (χ0n) is 19.0. The number of aryl methyl sites for hydroxylation is 1. The molecule has 0 aliphatic carbocycles. The van der Waals surface area contributed by atoms with Gasteiger partial charge in [0.2, 0.25) is 0 Å². The van der Waals surface area contributed by atoms with Gasteiger partial charge in [0, 0.05) is 12.6 Å². The maximum absolute atomic E-state index is 11.6. The molecule has 4 nitrogen and oxygen atoms in total. The van der Waals surface area contributed by atoms with E-state index in [1.54, 1.807) is 14.2 Å². The number of ether oxygens (including phenoxy) is 2. The third kappa shape index (κ3) is 5.09. The number of likely N-dealkylation sites (N-methyl/N-ethyl adjacent to an activating group) is 1. The standard InChI is InChI=1S/C27H31NO3.ClH/c1-28-16-15-20-10-11-21(30-2)17-24(20)25-18-22(31-3)12-13-23(25)27(29)26(28)14-9-19-7-5-4-6-8-19;/h4-8,10-13,17-18,26-27,29H,9,14-16H2,1-3H3;1H. The Labute approximate surface area is 197 Å². The van der Waals surface area contributed by atoms with Crippen molar-refractivity contribution in [3.63, 3.8) is 0 Å². The van der Waals surface area contributed by atoms with Crippen LogP contribution >= 0.6 is 12.4 Å². The molecule has 0 amide bonds. The smallest absolute Gasteiger partial charge is 0.119 e. The van der Waals surface area contributed by atoms with Gasteiger partial charge in [-0.25, -0.2) is 0 Å². The van der Waals surface area contributed by atoms with Gasteiger partial charge in [-0.1, -0.05) is 42.5 Å². The van der Waals surface area contributed by atoms with Crippen LogP contribution in [0.15, 0.2) is 66.7 Å². The predicted molar refractivity (Wildman–Crippen MR) is 132 cm³/mol. The van der Waals surface area contributed by atoms with E-state index in [9.17, 15) is 5.11 Å². The monoisotopic (exact) mass is 453 g/mol. The molecule has 4 rings (SSSR count). The Hall–Kier alpha value is -2.53. The summed E-state index contributed by atoms with van der Waals surface area (Å²) in [6.07, 6.45) is 2.11. The minimum atomic E-state index is -0.605. The van der Waals surface area contributed by atoms with Gasteiger partial charge in [-0.2, -0.15) is 0 Å². The number of benzene rings is 3. The van der Waals surface area contributed by atoms with Crippen LogP contribution in [0.1, 0.15) is 29.2 Å². The lowest BCUT2D eigenvalue weighted by atomic mass is 9.88. The second kappa shape index (κ2) is 10.9. The summed E-state index contributed by atoms with van der Waals surface area (Å²) in [5.41, 5.74) is 5.59. The number of hydrogen-bond acceptors (Lipinski definition) is 4. The highest BCUT2D eigenvalue weighted by molar-refractivity contribution is 5.85. The number of nitrogens with zero attached hydrogens (tertiary/aromatic N) is 1. The fraction of sp³-hybridized carbons (Fsp3) is 0.333. The Kier molecular flexibility index (Phi) is 8.19. The summed E-state index contributed by atoms with van der Waals surface area (Å²) in [6.45, 7) is 0.876. The van der Waals surface area contributed by atoms with Gasteiger partial charge in [0.25, 0.3) is 0 Å². The van der Waals surface area contributed by atoms with Crippen LogP contribution in [-0.2, 0) is 12.8 Å². The van der Waals surface area contributed by atoms with Crippen molar-refractivity contribution in [2.75, 3.05) is 27.8 Å². The molecule has 1 heterocycles. The van der Waals surface area contributed by atoms with E-state index in [1.807, 2.05) is 30.3 Å². The molecule has 0 aromatic heterocycles. The van der Waals surface area contributed by atoms with Crippen LogP contribution in [0.3, 0.4) is 0 Å². The molecule has 3 aromatic rings. The van der Waals surface area contributed by atoms with E-state index in [2.05, 4.69) is 48.3 Å². The molecule has 0 saturated carbocycles. The van der Waals surface area contributed by atoms with Crippen molar-refractivity contribution in [1.29, 1.82) is 0 Å². The molecule has 32 heavy (non-hydrogen) atoms. The van der Waals surface area contributed by atoms with Crippen molar-refractivity contribution < 1.29 is 14.6 Å². The molecule has 170 valence electrons. The number of aliphatic hydroxyl groups is 1. The number of rotatable bonds is 5. The van der Waals surface area contributed by atoms with Crippen LogP contribution in [0, 0.1) is 0 Å². The van der Waals surface area contributed by atoms with Crippen molar-refractivity contribution in [3.8, 4) is 22.6 Å². The van der Waals surface area contributed by atoms with E-state index in [0.717, 1.165) is 54.0 Å². The van der Waals surface area contributed by atoms with Gasteiger partial charge in [-0.05, 0) is 78.4 Å². The van der Waals surface area contributed by atoms with E-state index in [0.29, 0.717) is 0 Å². The van der Waals surface area contributed by atoms with Gasteiger partial charge < -0.3 is 19.5 Å². The van der Waals surface area contributed by atoms with Crippen molar-refractivity contribution >= 4 is 12.4 Å². The van der Waals surface area contributed by atoms with Gasteiger partial charge in [0.15, 0.2) is 0 Å². The van der Waals surface area contributed by atoms with Gasteiger partial charge in [0.05, 0.1) is 20.3 Å². The summed E-state index contributed by atoms with van der Waals surface area (Å²) in [4.78, 5) is 2.31. The SMILES string of the molecule is COc1ccc2c(c1)-c1cc(OC)ccc1C(O)C(CCc1ccccc1)N(C)CC2.Cl. The van der Waals surface area contributed by atoms with Crippen LogP contribution < -0.4 is 9.47 Å². The first-order valence-corrected chi connectivity index (χ1v) is 10.9. The number of halogens is 1. The van der Waals surface area contributed by atoms with Gasteiger partial charge in [-0.15, -0.1) is 12.4 Å². The molecule has 2 unspecified atom stereocenters. The second-order valence-corrected chi connectivity index (χ2v) is 8.24. The van der Waals surface area contributed by atoms with Crippen LogP contribution in [0.25, 0.3) is 11.1 Å². The largest absolute Gasteiger partial charge is 0.497 e. The van der Waals surface area contributed by atoms with E-state index in [-0.39, 0.29) is 18.4 Å². The van der Waals surface area contributed by atoms with Gasteiger partial charge >= 0.3 is 0 Å². The zero-order chi connectivity index (χ0) is 21.8. The minimum Gasteiger partial charge on any atom is -0.497 e. The maximum atomic E-state index is 11.6. The molecule has 2 atom stereocenters. The molecule has 1 aliphatic heterocycles. The Morgan fingerprint density at radius 3 is 2.25 bits per heavy atom. The quantitative estimate of drug-likeness (QED) is 0.568. The highest BCUT2D eigenvalue weighted by Gasteiger charge is 2.29. The fourth-order valence-corrected chi connectivity index (χ4v) is 4.55. The molecule has 0 saturated heterocycles. The highest BCUT2D eigenvalue weighted by atomic mass is 35.5. The van der Waals surface area contributed by atoms with Crippen LogP contribution in [0.4, 0.5) is 0 Å². The molecule has 0 radical (unpaired) electrons. The van der Waals surface area contributed by atoms with E-state index in [1.165, 1.54) is 11.1 Å². The normalized spacial score (nSPS) is 18.2. The first kappa shape index (κ1) is 24.1. The zero-order valence-corrected chi connectivity index (χ0v) is 19.8. The lowest BCUT2D eigenvalue weighted by Gasteiger charge is -2.32. The molecule has 1 aliphatic rings. The molecule has 5 heteroatoms. The molecular weight excluding hydrogens is 422 g/mol. The third-order valence-corrected chi connectivity index (χ3v) is 6.42. The fourth-order valence-electron chi connectivity index (χ4n) is 4.55. The molecule has 1 N–H and O–H groups in total. The van der Waals surface area contributed by atoms with Crippen molar-refractivity contribution in [3.05, 3.63) is 83.4 Å². The van der Waals surface area contributed by atoms with Gasteiger partial charge in [-0.3, -0.25) is 0 Å². The Balaban J connectivity index is 0.00000289. The lowest BCUT2D eigenvalue weighted by molar-refractivity contribution is 0.0590. The maximum Gasteiger partial charge on any atom is 0.119 e. The summed E-state index contributed by atoms with van der Waals surface area (Å²) < 4.78 is 11.0. The summed E-state index contributed by atoms with van der Waals surface area (Å²) in [7, 11) is 5.48. The van der Waals surface area contributed by atoms with Crippen molar-refractivity contribution in [1.82, 2.24) is 4.90 Å². The van der Waals surface area contributed by atoms with Crippen molar-refractivity contribution in [2.24, 2.45) is 0 Å². The average molecular weight is 454 g/mol. The van der Waals surface area contributed by atoms with E-state index < -0.39 is 6.10 Å². The Bertz CT molecular complexity index is 1020. The molecule has 0 spiro atoms. The first-order valence-electron chi connectivity index (χ1n) is 10.9. The second-order valence-electron chi connectivity index (χ2n) is 8.24. The topological polar surface area (TPSA) is 41.9 Å². The molecular formula is C27H32ClNO3. The van der Waals surface area contributed by atoms with Gasteiger partial charge in [0.1, 0.15) is 11.5 Å². The van der Waals surface area contributed by atoms with Crippen LogP contribution in [0.5, 0.6) is 11.5 Å². The van der Waals surface area contributed by atoms with Crippen LogP contribution in [-0.4, -0.2) is 43.9 Å². The summed E-state index contributed by atoms with van der Waals surface area (Å²) in [5, 5.41) is 11.6. The highest BCUT2D eigenvalue weighted by Crippen LogP contribution is 2.39. The average Bonchev–Trinajstić information content (AvgIpc) is 2.86. The number of aliphatic hydroxyl groups excluding tert-OH is 1. The predicted octanol–water partition coefficient (Wildman–Crippen LogP) is 5.32. The number of methoxy groups -OCH3 is 2. The summed E-state index contributed by atoms with van der Waals surface area (Å²) >= 11 is 0. The Morgan fingerprint density at radius 2 is 1.56 bits per heavy atom. The van der Waals surface area contributed by atoms with Crippen molar-refractivity contribution in [2.45, 2.75) is 31.4 Å². The van der Waals surface area contributed by atoms with Crippen LogP contribution in [0.2, 0.25) is 0 Å².